The second-order valence-corrected chi connectivity index (χ2v) is 5.13. The first-order valence-electron chi connectivity index (χ1n) is 8.54. The van der Waals surface area contributed by atoms with Crippen molar-refractivity contribution in [3.05, 3.63) is 61.2 Å². The number of esters is 1. The fraction of sp³-hybridized carbons (Fsp3) is 0.250. The molecule has 0 spiro atoms. The van der Waals surface area contributed by atoms with Gasteiger partial charge in [-0.15, -0.1) is 0 Å². The number of carbonyl (C=O) groups is 1. The molecule has 1 unspecified atom stereocenters. The number of aromatic nitrogens is 2. The van der Waals surface area contributed by atoms with Crippen LogP contribution in [0.3, 0.4) is 0 Å². The summed E-state index contributed by atoms with van der Waals surface area (Å²) in [6.07, 6.45) is 2.74. The first-order valence-corrected chi connectivity index (χ1v) is 8.54. The molecule has 0 aliphatic carbocycles. The van der Waals surface area contributed by atoms with Gasteiger partial charge in [0.25, 0.3) is 0 Å². The first-order chi connectivity index (χ1) is 13.0. The molecule has 2 aromatic rings. The number of fused-ring (bicyclic) bond motifs is 1. The summed E-state index contributed by atoms with van der Waals surface area (Å²) in [5.74, 6) is 0.154. The monoisotopic (exact) mass is 370 g/mol. The number of hydrogen-bond donors (Lipinski definition) is 3. The quantitative estimate of drug-likeness (QED) is 0.390. The molecule has 4 N–H and O–H groups in total. The Hall–Kier alpha value is -3.19. The van der Waals surface area contributed by atoms with Crippen LogP contribution in [-0.4, -0.2) is 40.7 Å². The molecule has 0 fully saturated rings. The lowest BCUT2D eigenvalue weighted by Crippen LogP contribution is -2.38. The van der Waals surface area contributed by atoms with E-state index in [1.54, 1.807) is 0 Å². The summed E-state index contributed by atoms with van der Waals surface area (Å²) < 4.78 is 4.61. The molecule has 7 heteroatoms. The van der Waals surface area contributed by atoms with Crippen LogP contribution in [0.2, 0.25) is 0 Å². The van der Waals surface area contributed by atoms with E-state index in [1.165, 1.54) is 19.3 Å². The highest BCUT2D eigenvalue weighted by molar-refractivity contribution is 5.91. The molecule has 1 aromatic heterocycles. The van der Waals surface area contributed by atoms with E-state index in [9.17, 15) is 9.90 Å². The molecule has 27 heavy (non-hydrogen) atoms. The number of benzene rings is 1. The molecule has 0 radical (unpaired) electrons. The normalized spacial score (nSPS) is 12.1. The lowest BCUT2D eigenvalue weighted by molar-refractivity contribution is -0.141. The maximum Gasteiger partial charge on any atom is 0.324 e. The molecular weight excluding hydrogens is 344 g/mol. The lowest BCUT2D eigenvalue weighted by atomic mass is 10.1. The predicted molar refractivity (Wildman–Crippen MR) is 109 cm³/mol. The Balaban J connectivity index is 0.00000176. The van der Waals surface area contributed by atoms with Crippen molar-refractivity contribution in [3.63, 3.8) is 0 Å². The van der Waals surface area contributed by atoms with E-state index in [0.717, 1.165) is 5.39 Å². The van der Waals surface area contributed by atoms with Crippen LogP contribution >= 0.6 is 0 Å². The molecule has 1 heterocycles. The maximum absolute atomic E-state index is 11.5. The summed E-state index contributed by atoms with van der Waals surface area (Å²) in [5.41, 5.74) is 6.77. The fourth-order valence-electron chi connectivity index (χ4n) is 2.19. The number of hydrogen-bond acceptors (Lipinski definition) is 7. The minimum atomic E-state index is -0.835. The van der Waals surface area contributed by atoms with E-state index < -0.39 is 12.0 Å². The average Bonchev–Trinajstić information content (AvgIpc) is 2.72. The van der Waals surface area contributed by atoms with Crippen molar-refractivity contribution in [1.29, 1.82) is 0 Å². The van der Waals surface area contributed by atoms with Gasteiger partial charge in [-0.3, -0.25) is 4.79 Å². The lowest BCUT2D eigenvalue weighted by Gasteiger charge is -2.14. The minimum absolute atomic E-state index is 0.0810. The standard InChI is InChI=1S/C18H20N4O3.C2H6/c1-4-11(15(23)5-2)17-21-14-9-7-6-8-12(14)16(22-17)20-10-13(19)18(24)25-3;1-2/h4-9,13,23H,1-2,10,19H2,3H3,(H,20,21,22);1-2H3/b15-11-;. The number of nitrogens with two attached hydrogens (primary N) is 1. The van der Waals surface area contributed by atoms with E-state index in [1.807, 2.05) is 38.1 Å². The number of aliphatic hydroxyl groups excluding tert-OH is 1. The van der Waals surface area contributed by atoms with Crippen LogP contribution in [0.5, 0.6) is 0 Å². The van der Waals surface area contributed by atoms with Gasteiger partial charge in [-0.05, 0) is 18.2 Å². The predicted octanol–water partition coefficient (Wildman–Crippen LogP) is 3.21. The highest BCUT2D eigenvalue weighted by atomic mass is 16.5. The van der Waals surface area contributed by atoms with Crippen molar-refractivity contribution < 1.29 is 14.6 Å². The van der Waals surface area contributed by atoms with Crippen LogP contribution in [0.25, 0.3) is 16.5 Å². The van der Waals surface area contributed by atoms with Gasteiger partial charge in [-0.2, -0.15) is 0 Å². The van der Waals surface area contributed by atoms with Crippen LogP contribution in [0, 0.1) is 0 Å². The van der Waals surface area contributed by atoms with Crippen molar-refractivity contribution in [1.82, 2.24) is 9.97 Å². The Bertz CT molecular complexity index is 846. The Kier molecular flexibility index (Phi) is 8.68. The minimum Gasteiger partial charge on any atom is -0.507 e. The molecule has 2 rings (SSSR count). The molecule has 0 aliphatic rings. The number of aliphatic hydroxyl groups is 1. The molecule has 0 bridgehead atoms. The van der Waals surface area contributed by atoms with Crippen LogP contribution in [0.15, 0.2) is 55.3 Å². The molecule has 0 saturated carbocycles. The van der Waals surface area contributed by atoms with Crippen molar-refractivity contribution in [3.8, 4) is 0 Å². The zero-order valence-corrected chi connectivity index (χ0v) is 15.9. The Morgan fingerprint density at radius 1 is 1.30 bits per heavy atom. The molecule has 144 valence electrons. The highest BCUT2D eigenvalue weighted by Gasteiger charge is 2.16. The molecule has 1 atom stereocenters. The summed E-state index contributed by atoms with van der Waals surface area (Å²) in [4.78, 5) is 20.3. The third-order valence-electron chi connectivity index (χ3n) is 3.51. The topological polar surface area (TPSA) is 110 Å². The number of ether oxygens (including phenoxy) is 1. The van der Waals surface area contributed by atoms with Gasteiger partial charge in [0.2, 0.25) is 0 Å². The molecule has 0 amide bonds. The van der Waals surface area contributed by atoms with E-state index in [-0.39, 0.29) is 18.1 Å². The Morgan fingerprint density at radius 3 is 2.56 bits per heavy atom. The summed E-state index contributed by atoms with van der Waals surface area (Å²) in [5, 5.41) is 13.8. The van der Waals surface area contributed by atoms with Gasteiger partial charge in [-0.1, -0.05) is 45.2 Å². The van der Waals surface area contributed by atoms with Crippen molar-refractivity contribution in [2.75, 3.05) is 19.0 Å². The van der Waals surface area contributed by atoms with E-state index in [2.05, 4.69) is 33.2 Å². The first kappa shape index (κ1) is 21.9. The third kappa shape index (κ3) is 5.39. The van der Waals surface area contributed by atoms with Gasteiger partial charge in [-0.25, -0.2) is 9.97 Å². The van der Waals surface area contributed by atoms with Gasteiger partial charge >= 0.3 is 5.97 Å². The second-order valence-electron chi connectivity index (χ2n) is 5.13. The smallest absolute Gasteiger partial charge is 0.324 e. The molecule has 0 aliphatic heterocycles. The van der Waals surface area contributed by atoms with Gasteiger partial charge in [0, 0.05) is 11.9 Å². The van der Waals surface area contributed by atoms with Crippen molar-refractivity contribution >= 4 is 28.3 Å². The number of rotatable bonds is 7. The van der Waals surface area contributed by atoms with Crippen LogP contribution in [-0.2, 0) is 9.53 Å². The molecule has 0 saturated heterocycles. The summed E-state index contributed by atoms with van der Waals surface area (Å²) in [6, 6.07) is 6.52. The zero-order valence-electron chi connectivity index (χ0n) is 15.9. The fourth-order valence-corrected chi connectivity index (χ4v) is 2.19. The molecule has 1 aromatic carbocycles. The number of nitrogens with zero attached hydrogens (tertiary/aromatic N) is 2. The number of carbonyl (C=O) groups excluding carboxylic acids is 1. The maximum atomic E-state index is 11.5. The van der Waals surface area contributed by atoms with E-state index in [4.69, 9.17) is 5.73 Å². The van der Waals surface area contributed by atoms with Gasteiger partial charge < -0.3 is 20.9 Å². The number of anilines is 1. The highest BCUT2D eigenvalue weighted by Crippen LogP contribution is 2.24. The molecular formula is C20H26N4O3. The van der Waals surface area contributed by atoms with Crippen LogP contribution in [0.4, 0.5) is 5.82 Å². The third-order valence-corrected chi connectivity index (χ3v) is 3.51. The summed E-state index contributed by atoms with van der Waals surface area (Å²) in [6.45, 7) is 11.3. The zero-order chi connectivity index (χ0) is 20.4. The summed E-state index contributed by atoms with van der Waals surface area (Å²) in [7, 11) is 1.28. The number of para-hydroxylation sites is 1. The largest absolute Gasteiger partial charge is 0.507 e. The number of allylic oxidation sites excluding steroid dienone is 3. The van der Waals surface area contributed by atoms with E-state index >= 15 is 0 Å². The number of nitrogens with one attached hydrogen (secondary N) is 1. The van der Waals surface area contributed by atoms with Gasteiger partial charge in [0.05, 0.1) is 18.2 Å². The summed E-state index contributed by atoms with van der Waals surface area (Å²) >= 11 is 0. The van der Waals surface area contributed by atoms with Crippen LogP contribution < -0.4 is 11.1 Å². The van der Waals surface area contributed by atoms with Crippen molar-refractivity contribution in [2.45, 2.75) is 19.9 Å². The average molecular weight is 370 g/mol. The van der Waals surface area contributed by atoms with E-state index in [0.29, 0.717) is 16.9 Å². The SMILES string of the molecule is C=C/C(O)=C(\C=C)c1nc(NCC(N)C(=O)OC)c2ccccc2n1.CC. The second kappa shape index (κ2) is 10.7. The molecule has 7 nitrogen and oxygen atoms in total. The Morgan fingerprint density at radius 2 is 1.96 bits per heavy atom. The van der Waals surface area contributed by atoms with Gasteiger partial charge in [0.1, 0.15) is 17.6 Å². The number of methoxy groups -OCH3 is 1. The Labute approximate surface area is 159 Å². The van der Waals surface area contributed by atoms with Crippen LogP contribution in [0.1, 0.15) is 19.7 Å². The van der Waals surface area contributed by atoms with Gasteiger partial charge in [0.15, 0.2) is 5.82 Å². The van der Waals surface area contributed by atoms with Crippen molar-refractivity contribution in [2.24, 2.45) is 5.73 Å².